The number of hydrogen-bond acceptors (Lipinski definition) is 3. The standard InChI is InChI=1S/C16H36N2O/c1-8-16(13-19,17-14(2)3)10-9-11-18(7)12-15(4,5)6/h14,17,19H,8-13H2,1-7H3. The average molecular weight is 272 g/mol. The molecule has 0 aromatic rings. The largest absolute Gasteiger partial charge is 0.394 e. The summed E-state index contributed by atoms with van der Waals surface area (Å²) in [7, 11) is 2.19. The number of rotatable bonds is 9. The van der Waals surface area contributed by atoms with E-state index in [9.17, 15) is 5.11 Å². The molecule has 0 amide bonds. The Morgan fingerprint density at radius 1 is 1.21 bits per heavy atom. The van der Waals surface area contributed by atoms with Crippen molar-refractivity contribution in [3.63, 3.8) is 0 Å². The summed E-state index contributed by atoms with van der Waals surface area (Å²) in [4.78, 5) is 2.40. The van der Waals surface area contributed by atoms with Crippen molar-refractivity contribution in [3.05, 3.63) is 0 Å². The topological polar surface area (TPSA) is 35.5 Å². The van der Waals surface area contributed by atoms with Crippen LogP contribution in [0.15, 0.2) is 0 Å². The van der Waals surface area contributed by atoms with Crippen LogP contribution in [0.3, 0.4) is 0 Å². The number of aliphatic hydroxyl groups is 1. The van der Waals surface area contributed by atoms with Crippen molar-refractivity contribution in [2.45, 2.75) is 72.4 Å². The zero-order chi connectivity index (χ0) is 15.1. The SMILES string of the molecule is CCC(CO)(CCCN(C)CC(C)(C)C)NC(C)C. The third-order valence-electron chi connectivity index (χ3n) is 3.51. The van der Waals surface area contributed by atoms with Crippen LogP contribution in [-0.4, -0.2) is 48.3 Å². The molecule has 0 aromatic carbocycles. The molecule has 0 rings (SSSR count). The molecule has 0 aliphatic rings. The third kappa shape index (κ3) is 8.61. The first kappa shape index (κ1) is 18.9. The summed E-state index contributed by atoms with van der Waals surface area (Å²) in [6.07, 6.45) is 3.14. The fourth-order valence-electron chi connectivity index (χ4n) is 2.78. The number of nitrogens with zero attached hydrogens (tertiary/aromatic N) is 1. The van der Waals surface area contributed by atoms with Crippen molar-refractivity contribution >= 4 is 0 Å². The normalized spacial score (nSPS) is 16.1. The van der Waals surface area contributed by atoms with E-state index in [0.717, 1.165) is 32.4 Å². The molecular weight excluding hydrogens is 236 g/mol. The van der Waals surface area contributed by atoms with Gasteiger partial charge in [-0.2, -0.15) is 0 Å². The van der Waals surface area contributed by atoms with Crippen LogP contribution in [0.5, 0.6) is 0 Å². The second-order valence-electron chi connectivity index (χ2n) is 7.49. The first-order chi connectivity index (χ1) is 8.64. The van der Waals surface area contributed by atoms with E-state index in [1.807, 2.05) is 0 Å². The molecule has 1 atom stereocenters. The summed E-state index contributed by atoms with van der Waals surface area (Å²) < 4.78 is 0. The summed E-state index contributed by atoms with van der Waals surface area (Å²) in [5.74, 6) is 0. The predicted molar refractivity (Wildman–Crippen MR) is 84.6 cm³/mol. The minimum absolute atomic E-state index is 0.100. The summed E-state index contributed by atoms with van der Waals surface area (Å²) in [6, 6.07) is 0.416. The van der Waals surface area contributed by atoms with E-state index in [2.05, 4.69) is 58.8 Å². The van der Waals surface area contributed by atoms with Crippen molar-refractivity contribution in [2.24, 2.45) is 5.41 Å². The molecule has 0 radical (unpaired) electrons. The Bertz CT molecular complexity index is 229. The average Bonchev–Trinajstić information content (AvgIpc) is 2.24. The van der Waals surface area contributed by atoms with Crippen LogP contribution in [0.4, 0.5) is 0 Å². The lowest BCUT2D eigenvalue weighted by Crippen LogP contribution is -2.51. The lowest BCUT2D eigenvalue weighted by Gasteiger charge is -2.35. The van der Waals surface area contributed by atoms with Gasteiger partial charge in [0, 0.05) is 18.1 Å². The fourth-order valence-corrected chi connectivity index (χ4v) is 2.78. The van der Waals surface area contributed by atoms with Gasteiger partial charge >= 0.3 is 0 Å². The lowest BCUT2D eigenvalue weighted by atomic mass is 9.90. The quantitative estimate of drug-likeness (QED) is 0.677. The molecule has 3 nitrogen and oxygen atoms in total. The molecule has 0 aliphatic heterocycles. The van der Waals surface area contributed by atoms with E-state index in [1.54, 1.807) is 0 Å². The maximum atomic E-state index is 9.70. The monoisotopic (exact) mass is 272 g/mol. The lowest BCUT2D eigenvalue weighted by molar-refractivity contribution is 0.129. The molecule has 0 aliphatic carbocycles. The van der Waals surface area contributed by atoms with Crippen LogP contribution >= 0.6 is 0 Å². The molecule has 0 saturated carbocycles. The van der Waals surface area contributed by atoms with Gasteiger partial charge in [0.2, 0.25) is 0 Å². The zero-order valence-electron chi connectivity index (χ0n) is 14.2. The van der Waals surface area contributed by atoms with E-state index in [0.29, 0.717) is 11.5 Å². The number of aliphatic hydroxyl groups excluding tert-OH is 1. The smallest absolute Gasteiger partial charge is 0.0613 e. The molecule has 0 bridgehead atoms. The molecule has 0 spiro atoms. The van der Waals surface area contributed by atoms with Gasteiger partial charge in [0.1, 0.15) is 0 Å². The van der Waals surface area contributed by atoms with E-state index in [-0.39, 0.29) is 12.1 Å². The van der Waals surface area contributed by atoms with Crippen LogP contribution in [-0.2, 0) is 0 Å². The van der Waals surface area contributed by atoms with E-state index in [4.69, 9.17) is 0 Å². The van der Waals surface area contributed by atoms with Crippen molar-refractivity contribution in [1.82, 2.24) is 10.2 Å². The maximum absolute atomic E-state index is 9.70. The van der Waals surface area contributed by atoms with Crippen molar-refractivity contribution in [3.8, 4) is 0 Å². The van der Waals surface area contributed by atoms with Crippen LogP contribution in [0.2, 0.25) is 0 Å². The molecule has 3 heteroatoms. The Kier molecular flexibility index (Phi) is 8.18. The molecule has 0 heterocycles. The second kappa shape index (κ2) is 8.23. The van der Waals surface area contributed by atoms with Gasteiger partial charge in [0.25, 0.3) is 0 Å². The highest BCUT2D eigenvalue weighted by Crippen LogP contribution is 2.19. The van der Waals surface area contributed by atoms with Gasteiger partial charge in [-0.1, -0.05) is 41.5 Å². The molecule has 2 N–H and O–H groups in total. The molecular formula is C16H36N2O. The molecule has 116 valence electrons. The fraction of sp³-hybridized carbons (Fsp3) is 1.00. The Morgan fingerprint density at radius 2 is 1.79 bits per heavy atom. The molecule has 0 fully saturated rings. The Labute approximate surface area is 120 Å². The predicted octanol–water partition coefficient (Wildman–Crippen LogP) is 2.88. The minimum atomic E-state index is -0.100. The molecule has 19 heavy (non-hydrogen) atoms. The first-order valence-corrected chi connectivity index (χ1v) is 7.71. The van der Waals surface area contributed by atoms with Gasteiger partial charge in [-0.15, -0.1) is 0 Å². The Hall–Kier alpha value is -0.120. The summed E-state index contributed by atoms with van der Waals surface area (Å²) in [6.45, 7) is 15.7. The van der Waals surface area contributed by atoms with E-state index < -0.39 is 0 Å². The molecule has 0 saturated heterocycles. The van der Waals surface area contributed by atoms with Gasteiger partial charge < -0.3 is 15.3 Å². The van der Waals surface area contributed by atoms with Gasteiger partial charge in [-0.3, -0.25) is 0 Å². The van der Waals surface area contributed by atoms with Gasteiger partial charge in [0.05, 0.1) is 6.61 Å². The van der Waals surface area contributed by atoms with Crippen molar-refractivity contribution in [1.29, 1.82) is 0 Å². The Balaban J connectivity index is 4.19. The van der Waals surface area contributed by atoms with Crippen molar-refractivity contribution < 1.29 is 5.11 Å². The highest BCUT2D eigenvalue weighted by molar-refractivity contribution is 4.87. The summed E-state index contributed by atoms with van der Waals surface area (Å²) in [5.41, 5.74) is 0.250. The highest BCUT2D eigenvalue weighted by atomic mass is 16.3. The number of hydrogen-bond donors (Lipinski definition) is 2. The van der Waals surface area contributed by atoms with Crippen LogP contribution in [0.25, 0.3) is 0 Å². The van der Waals surface area contributed by atoms with Gasteiger partial charge in [-0.05, 0) is 38.3 Å². The first-order valence-electron chi connectivity index (χ1n) is 7.71. The maximum Gasteiger partial charge on any atom is 0.0613 e. The van der Waals surface area contributed by atoms with Crippen LogP contribution in [0.1, 0.15) is 60.8 Å². The van der Waals surface area contributed by atoms with E-state index >= 15 is 0 Å². The second-order valence-corrected chi connectivity index (χ2v) is 7.49. The zero-order valence-corrected chi connectivity index (χ0v) is 14.2. The summed E-state index contributed by atoms with van der Waals surface area (Å²) >= 11 is 0. The Morgan fingerprint density at radius 3 is 2.16 bits per heavy atom. The third-order valence-corrected chi connectivity index (χ3v) is 3.51. The number of nitrogens with one attached hydrogen (secondary N) is 1. The summed E-state index contributed by atoms with van der Waals surface area (Å²) in [5, 5.41) is 13.2. The van der Waals surface area contributed by atoms with Crippen LogP contribution in [0, 0.1) is 5.41 Å². The minimum Gasteiger partial charge on any atom is -0.394 e. The highest BCUT2D eigenvalue weighted by Gasteiger charge is 2.27. The van der Waals surface area contributed by atoms with E-state index in [1.165, 1.54) is 0 Å². The van der Waals surface area contributed by atoms with Gasteiger partial charge in [0.15, 0.2) is 0 Å². The van der Waals surface area contributed by atoms with Crippen LogP contribution < -0.4 is 5.32 Å². The van der Waals surface area contributed by atoms with Crippen molar-refractivity contribution in [2.75, 3.05) is 26.7 Å². The van der Waals surface area contributed by atoms with Gasteiger partial charge in [-0.25, -0.2) is 0 Å². The molecule has 0 aromatic heterocycles. The molecule has 1 unspecified atom stereocenters.